The van der Waals surface area contributed by atoms with E-state index in [-0.39, 0.29) is 17.9 Å². The molecule has 0 radical (unpaired) electrons. The van der Waals surface area contributed by atoms with Crippen LogP contribution in [0.2, 0.25) is 0 Å². The molecular weight excluding hydrogens is 318 g/mol. The zero-order valence-corrected chi connectivity index (χ0v) is 14.0. The molecule has 1 aliphatic heterocycles. The van der Waals surface area contributed by atoms with Crippen molar-refractivity contribution >= 4 is 21.8 Å². The Morgan fingerprint density at radius 2 is 2.04 bits per heavy atom. The first-order chi connectivity index (χ1) is 10.7. The van der Waals surface area contributed by atoms with Crippen molar-refractivity contribution in [3.63, 3.8) is 0 Å². The highest BCUT2D eigenvalue weighted by molar-refractivity contribution is 7.91. The number of hydrogen-bond acceptors (Lipinski definition) is 5. The Bertz CT molecular complexity index is 650. The summed E-state index contributed by atoms with van der Waals surface area (Å²) in [5, 5.41) is 5.83. The monoisotopic (exact) mass is 341 g/mol. The van der Waals surface area contributed by atoms with Crippen LogP contribution in [0.4, 0.5) is 0 Å². The minimum Gasteiger partial charge on any atom is -0.340 e. The molecule has 0 bridgehead atoms. The predicted octanol–water partition coefficient (Wildman–Crippen LogP) is -0.202. The van der Waals surface area contributed by atoms with Gasteiger partial charge in [-0.25, -0.2) is 8.42 Å². The van der Waals surface area contributed by atoms with Gasteiger partial charge in [0, 0.05) is 5.92 Å². The van der Waals surface area contributed by atoms with E-state index in [9.17, 15) is 18.0 Å². The molecule has 3 aliphatic rings. The topological polar surface area (TPSA) is 104 Å². The summed E-state index contributed by atoms with van der Waals surface area (Å²) in [6, 6.07) is -0.316. The summed E-state index contributed by atoms with van der Waals surface area (Å²) in [6.07, 6.45) is 4.70. The van der Waals surface area contributed by atoms with Gasteiger partial charge in [0.05, 0.1) is 10.8 Å². The van der Waals surface area contributed by atoms with Crippen LogP contribution in [-0.4, -0.2) is 43.1 Å². The summed E-state index contributed by atoms with van der Waals surface area (Å²) >= 11 is 0. The first kappa shape index (κ1) is 16.4. The van der Waals surface area contributed by atoms with E-state index in [1.165, 1.54) is 0 Å². The van der Waals surface area contributed by atoms with Gasteiger partial charge in [-0.1, -0.05) is 6.08 Å². The molecule has 7 nitrogen and oxygen atoms in total. The Balaban J connectivity index is 1.72. The largest absolute Gasteiger partial charge is 0.340 e. The maximum Gasteiger partial charge on any atom is 0.259 e. The highest BCUT2D eigenvalue weighted by atomic mass is 32.2. The molecule has 3 atom stereocenters. The fourth-order valence-electron chi connectivity index (χ4n) is 3.03. The third kappa shape index (κ3) is 2.78. The summed E-state index contributed by atoms with van der Waals surface area (Å²) in [4.78, 5) is 24.9. The number of carbonyl (C=O) groups excluding carboxylic acids is 2. The molecule has 3 N–H and O–H groups in total. The highest BCUT2D eigenvalue weighted by Gasteiger charge is 2.62. The first-order valence-corrected chi connectivity index (χ1v) is 9.47. The third-order valence-corrected chi connectivity index (χ3v) is 7.42. The molecule has 2 amide bonds. The second-order valence-electron chi connectivity index (χ2n) is 7.04. The van der Waals surface area contributed by atoms with Gasteiger partial charge >= 0.3 is 0 Å². The lowest BCUT2D eigenvalue weighted by Crippen LogP contribution is -2.56. The summed E-state index contributed by atoms with van der Waals surface area (Å²) in [6.45, 7) is 6.06. The molecule has 0 aromatic carbocycles. The Hall–Kier alpha value is -1.41. The molecule has 1 saturated heterocycles. The van der Waals surface area contributed by atoms with Crippen LogP contribution in [-0.2, 0) is 19.6 Å². The maximum atomic E-state index is 12.6. The zero-order valence-electron chi connectivity index (χ0n) is 13.2. The van der Waals surface area contributed by atoms with Gasteiger partial charge in [0.2, 0.25) is 15.9 Å². The van der Waals surface area contributed by atoms with E-state index in [0.717, 1.165) is 19.4 Å². The standard InChI is InChI=1S/C15H23N3O4S/c1-3-10-9-15(10,17-12(19)11-5-4-8-16-11)13(20)18-23(21,22)14(2)6-7-14/h3,10-11,16H,1,4-9H2,2H3,(H,17,19)(H,18,20)/t10-,11+,15-/m1/s1. The van der Waals surface area contributed by atoms with Crippen molar-refractivity contribution in [3.05, 3.63) is 12.7 Å². The van der Waals surface area contributed by atoms with Gasteiger partial charge in [-0.2, -0.15) is 0 Å². The Morgan fingerprint density at radius 1 is 1.35 bits per heavy atom. The first-order valence-electron chi connectivity index (χ1n) is 7.99. The maximum absolute atomic E-state index is 12.6. The molecule has 2 saturated carbocycles. The normalized spacial score (nSPS) is 34.5. The average molecular weight is 341 g/mol. The zero-order chi connectivity index (χ0) is 16.9. The minimum atomic E-state index is -3.72. The number of amides is 2. The van der Waals surface area contributed by atoms with Crippen LogP contribution in [0.1, 0.15) is 39.0 Å². The second kappa shape index (κ2) is 5.31. The molecule has 3 rings (SSSR count). The van der Waals surface area contributed by atoms with E-state index in [2.05, 4.69) is 21.9 Å². The molecule has 0 spiro atoms. The van der Waals surface area contributed by atoms with Crippen molar-refractivity contribution in [2.45, 2.75) is 55.4 Å². The number of rotatable bonds is 6. The van der Waals surface area contributed by atoms with Gasteiger partial charge < -0.3 is 10.6 Å². The summed E-state index contributed by atoms with van der Waals surface area (Å²) in [5.41, 5.74) is -1.18. The lowest BCUT2D eigenvalue weighted by Gasteiger charge is -2.22. The number of nitrogens with one attached hydrogen (secondary N) is 3. The SMILES string of the molecule is C=C[C@@H]1C[C@]1(NC(=O)[C@@H]1CCCN1)C(=O)NS(=O)(=O)C1(C)CC1. The van der Waals surface area contributed by atoms with Crippen molar-refractivity contribution in [1.82, 2.24) is 15.4 Å². The molecule has 1 heterocycles. The molecule has 0 aromatic rings. The van der Waals surface area contributed by atoms with Crippen LogP contribution in [0.25, 0.3) is 0 Å². The van der Waals surface area contributed by atoms with Crippen LogP contribution < -0.4 is 15.4 Å². The summed E-state index contributed by atoms with van der Waals surface area (Å²) in [5.74, 6) is -1.14. The van der Waals surface area contributed by atoms with Crippen molar-refractivity contribution in [2.24, 2.45) is 5.92 Å². The molecule has 0 aromatic heterocycles. The molecular formula is C15H23N3O4S. The quantitative estimate of drug-likeness (QED) is 0.580. The molecule has 0 unspecified atom stereocenters. The van der Waals surface area contributed by atoms with E-state index in [0.29, 0.717) is 19.3 Å². The van der Waals surface area contributed by atoms with E-state index < -0.39 is 26.2 Å². The van der Waals surface area contributed by atoms with Gasteiger partial charge in [-0.05, 0) is 45.6 Å². The van der Waals surface area contributed by atoms with E-state index >= 15 is 0 Å². The predicted molar refractivity (Wildman–Crippen MR) is 84.9 cm³/mol. The molecule has 23 heavy (non-hydrogen) atoms. The average Bonchev–Trinajstić information content (AvgIpc) is 3.33. The highest BCUT2D eigenvalue weighted by Crippen LogP contribution is 2.46. The lowest BCUT2D eigenvalue weighted by atomic mass is 10.1. The van der Waals surface area contributed by atoms with Gasteiger partial charge in [0.15, 0.2) is 0 Å². The smallest absolute Gasteiger partial charge is 0.259 e. The van der Waals surface area contributed by atoms with Crippen LogP contribution in [0.15, 0.2) is 12.7 Å². The van der Waals surface area contributed by atoms with Gasteiger partial charge in [0.25, 0.3) is 5.91 Å². The van der Waals surface area contributed by atoms with Gasteiger partial charge in [0.1, 0.15) is 5.54 Å². The number of sulfonamides is 1. The molecule has 128 valence electrons. The number of hydrogen-bond donors (Lipinski definition) is 3. The molecule has 2 aliphatic carbocycles. The van der Waals surface area contributed by atoms with Gasteiger partial charge in [-0.15, -0.1) is 6.58 Å². The summed E-state index contributed by atoms with van der Waals surface area (Å²) in [7, 11) is -3.72. The van der Waals surface area contributed by atoms with Crippen LogP contribution in [0, 0.1) is 5.92 Å². The van der Waals surface area contributed by atoms with E-state index in [4.69, 9.17) is 0 Å². The van der Waals surface area contributed by atoms with Crippen LogP contribution >= 0.6 is 0 Å². The second-order valence-corrected chi connectivity index (χ2v) is 9.24. The fourth-order valence-corrected chi connectivity index (χ4v) is 4.34. The fraction of sp³-hybridized carbons (Fsp3) is 0.733. The molecule has 3 fully saturated rings. The van der Waals surface area contributed by atoms with Crippen molar-refractivity contribution in [3.8, 4) is 0 Å². The Kier molecular flexibility index (Phi) is 3.79. The van der Waals surface area contributed by atoms with Crippen molar-refractivity contribution < 1.29 is 18.0 Å². The van der Waals surface area contributed by atoms with Crippen molar-refractivity contribution in [2.75, 3.05) is 6.54 Å². The van der Waals surface area contributed by atoms with E-state index in [1.807, 2.05) is 0 Å². The Morgan fingerprint density at radius 3 is 2.52 bits per heavy atom. The summed E-state index contributed by atoms with van der Waals surface area (Å²) < 4.78 is 25.8. The van der Waals surface area contributed by atoms with E-state index in [1.54, 1.807) is 13.0 Å². The number of carbonyl (C=O) groups is 2. The minimum absolute atomic E-state index is 0.241. The Labute approximate surface area is 136 Å². The van der Waals surface area contributed by atoms with Crippen molar-refractivity contribution in [1.29, 1.82) is 0 Å². The van der Waals surface area contributed by atoms with Gasteiger partial charge in [-0.3, -0.25) is 14.3 Å². The lowest BCUT2D eigenvalue weighted by molar-refractivity contribution is -0.130. The third-order valence-electron chi connectivity index (χ3n) is 5.26. The van der Waals surface area contributed by atoms with Crippen LogP contribution in [0.5, 0.6) is 0 Å². The molecule has 8 heteroatoms. The van der Waals surface area contributed by atoms with Crippen LogP contribution in [0.3, 0.4) is 0 Å².